The molecule has 2 aromatic rings. The first-order valence-electron chi connectivity index (χ1n) is 5.29. The van der Waals surface area contributed by atoms with Crippen molar-refractivity contribution in [3.05, 3.63) is 33.7 Å². The average Bonchev–Trinajstić information content (AvgIpc) is 2.82. The van der Waals surface area contributed by atoms with Crippen molar-refractivity contribution in [3.8, 4) is 11.5 Å². The van der Waals surface area contributed by atoms with Crippen LogP contribution in [0, 0.1) is 0 Å². The molecule has 0 saturated carbocycles. The number of halogens is 1. The molecular formula is C12H11BrN2O3S. The Morgan fingerprint density at radius 3 is 2.74 bits per heavy atom. The monoisotopic (exact) mass is 342 g/mol. The summed E-state index contributed by atoms with van der Waals surface area (Å²) in [5.41, 5.74) is 0.396. The molecule has 1 amide bonds. The van der Waals surface area contributed by atoms with Crippen molar-refractivity contribution in [2.24, 2.45) is 0 Å². The third kappa shape index (κ3) is 3.05. The Bertz CT molecular complexity index is 600. The topological polar surface area (TPSA) is 60.5 Å². The van der Waals surface area contributed by atoms with E-state index in [9.17, 15) is 4.79 Å². The number of anilines is 1. The summed E-state index contributed by atoms with van der Waals surface area (Å²) in [5, 5.41) is 3.22. The summed E-state index contributed by atoms with van der Waals surface area (Å²) < 4.78 is 11.2. The fourth-order valence-electron chi connectivity index (χ4n) is 1.54. The second-order valence-corrected chi connectivity index (χ2v) is 5.87. The van der Waals surface area contributed by atoms with E-state index in [1.807, 2.05) is 0 Å². The van der Waals surface area contributed by atoms with Crippen LogP contribution in [0.1, 0.15) is 10.4 Å². The lowest BCUT2D eigenvalue weighted by molar-refractivity contribution is 0.102. The molecule has 1 N–H and O–H groups in total. The molecule has 1 aromatic carbocycles. The SMILES string of the molecule is COc1cccc(C(=O)Nc2ncc(Br)s2)c1OC. The Labute approximate surface area is 122 Å². The van der Waals surface area contributed by atoms with E-state index in [2.05, 4.69) is 26.2 Å². The molecule has 0 spiro atoms. The van der Waals surface area contributed by atoms with Gasteiger partial charge in [-0.1, -0.05) is 17.4 Å². The Morgan fingerprint density at radius 2 is 2.16 bits per heavy atom. The number of carbonyl (C=O) groups excluding carboxylic acids is 1. The van der Waals surface area contributed by atoms with Gasteiger partial charge in [0.25, 0.3) is 5.91 Å². The van der Waals surface area contributed by atoms with E-state index in [1.54, 1.807) is 24.4 Å². The quantitative estimate of drug-likeness (QED) is 0.926. The van der Waals surface area contributed by atoms with E-state index in [0.717, 1.165) is 3.79 Å². The third-order valence-electron chi connectivity index (χ3n) is 2.35. The van der Waals surface area contributed by atoms with Gasteiger partial charge < -0.3 is 9.47 Å². The normalized spacial score (nSPS) is 10.1. The summed E-state index contributed by atoms with van der Waals surface area (Å²) >= 11 is 4.62. The zero-order chi connectivity index (χ0) is 13.8. The lowest BCUT2D eigenvalue weighted by Crippen LogP contribution is -2.13. The van der Waals surface area contributed by atoms with Gasteiger partial charge in [0.2, 0.25) is 0 Å². The molecule has 2 rings (SSSR count). The van der Waals surface area contributed by atoms with Gasteiger partial charge in [-0.3, -0.25) is 10.1 Å². The van der Waals surface area contributed by atoms with Crippen molar-refractivity contribution in [3.63, 3.8) is 0 Å². The summed E-state index contributed by atoms with van der Waals surface area (Å²) in [6.07, 6.45) is 1.63. The maximum Gasteiger partial charge on any atom is 0.261 e. The predicted octanol–water partition coefficient (Wildman–Crippen LogP) is 3.18. The van der Waals surface area contributed by atoms with Crippen molar-refractivity contribution < 1.29 is 14.3 Å². The van der Waals surface area contributed by atoms with Crippen LogP contribution in [0.4, 0.5) is 5.13 Å². The first-order valence-corrected chi connectivity index (χ1v) is 6.90. The molecule has 100 valence electrons. The number of para-hydroxylation sites is 1. The highest BCUT2D eigenvalue weighted by Crippen LogP contribution is 2.31. The van der Waals surface area contributed by atoms with Crippen LogP contribution in [-0.2, 0) is 0 Å². The highest BCUT2D eigenvalue weighted by atomic mass is 79.9. The molecule has 5 nitrogen and oxygen atoms in total. The van der Waals surface area contributed by atoms with Crippen molar-refractivity contribution in [2.75, 3.05) is 19.5 Å². The highest BCUT2D eigenvalue weighted by molar-refractivity contribution is 9.11. The number of thiazole rings is 1. The van der Waals surface area contributed by atoms with Gasteiger partial charge in [0, 0.05) is 0 Å². The molecule has 1 aromatic heterocycles. The van der Waals surface area contributed by atoms with Crippen LogP contribution in [0.2, 0.25) is 0 Å². The number of aromatic nitrogens is 1. The zero-order valence-corrected chi connectivity index (χ0v) is 12.7. The molecule has 0 fully saturated rings. The molecule has 7 heteroatoms. The number of nitrogens with zero attached hydrogens (tertiary/aromatic N) is 1. The molecule has 0 aliphatic heterocycles. The van der Waals surface area contributed by atoms with Gasteiger partial charge in [-0.25, -0.2) is 4.98 Å². The summed E-state index contributed by atoms with van der Waals surface area (Å²) in [6, 6.07) is 5.13. The van der Waals surface area contributed by atoms with Gasteiger partial charge in [-0.05, 0) is 28.1 Å². The third-order valence-corrected chi connectivity index (χ3v) is 3.74. The summed E-state index contributed by atoms with van der Waals surface area (Å²) in [6.45, 7) is 0. The summed E-state index contributed by atoms with van der Waals surface area (Å²) in [4.78, 5) is 16.2. The van der Waals surface area contributed by atoms with E-state index in [0.29, 0.717) is 22.2 Å². The molecule has 0 aliphatic carbocycles. The maximum absolute atomic E-state index is 12.2. The number of carbonyl (C=O) groups is 1. The maximum atomic E-state index is 12.2. The number of ether oxygens (including phenoxy) is 2. The van der Waals surface area contributed by atoms with Gasteiger partial charge >= 0.3 is 0 Å². The zero-order valence-electron chi connectivity index (χ0n) is 10.3. The van der Waals surface area contributed by atoms with Crippen LogP contribution in [0.3, 0.4) is 0 Å². The second-order valence-electron chi connectivity index (χ2n) is 3.46. The van der Waals surface area contributed by atoms with Crippen molar-refractivity contribution >= 4 is 38.3 Å². The second kappa shape index (κ2) is 6.03. The van der Waals surface area contributed by atoms with Gasteiger partial charge in [-0.2, -0.15) is 0 Å². The Morgan fingerprint density at radius 1 is 1.37 bits per heavy atom. The van der Waals surface area contributed by atoms with E-state index in [-0.39, 0.29) is 5.91 Å². The Kier molecular flexibility index (Phi) is 4.39. The number of methoxy groups -OCH3 is 2. The van der Waals surface area contributed by atoms with Gasteiger partial charge in [0.1, 0.15) is 0 Å². The molecule has 0 radical (unpaired) electrons. The Hall–Kier alpha value is -1.60. The van der Waals surface area contributed by atoms with Crippen LogP contribution in [0.25, 0.3) is 0 Å². The number of benzene rings is 1. The van der Waals surface area contributed by atoms with Crippen LogP contribution >= 0.6 is 27.3 Å². The predicted molar refractivity (Wildman–Crippen MR) is 77.3 cm³/mol. The first-order chi connectivity index (χ1) is 9.15. The first kappa shape index (κ1) is 13.8. The summed E-state index contributed by atoms with van der Waals surface area (Å²) in [7, 11) is 3.02. The van der Waals surface area contributed by atoms with Gasteiger partial charge in [-0.15, -0.1) is 0 Å². The fourth-order valence-corrected chi connectivity index (χ4v) is 2.64. The number of nitrogens with one attached hydrogen (secondary N) is 1. The van der Waals surface area contributed by atoms with Gasteiger partial charge in [0.05, 0.1) is 29.8 Å². The smallest absolute Gasteiger partial charge is 0.261 e. The van der Waals surface area contributed by atoms with Crippen molar-refractivity contribution in [1.29, 1.82) is 0 Å². The number of hydrogen-bond donors (Lipinski definition) is 1. The van der Waals surface area contributed by atoms with E-state index >= 15 is 0 Å². The van der Waals surface area contributed by atoms with E-state index < -0.39 is 0 Å². The van der Waals surface area contributed by atoms with Crippen molar-refractivity contribution in [1.82, 2.24) is 4.98 Å². The highest BCUT2D eigenvalue weighted by Gasteiger charge is 2.17. The molecule has 0 aliphatic rings. The largest absolute Gasteiger partial charge is 0.493 e. The number of hydrogen-bond acceptors (Lipinski definition) is 5. The molecule has 0 bridgehead atoms. The van der Waals surface area contributed by atoms with E-state index in [4.69, 9.17) is 9.47 Å². The van der Waals surface area contributed by atoms with Crippen LogP contribution in [-0.4, -0.2) is 25.1 Å². The number of rotatable bonds is 4. The standard InChI is InChI=1S/C12H11BrN2O3S/c1-17-8-5-3-4-7(10(8)18-2)11(16)15-12-14-6-9(13)19-12/h3-6H,1-2H3,(H,14,15,16). The molecule has 0 atom stereocenters. The minimum Gasteiger partial charge on any atom is -0.493 e. The number of amides is 1. The van der Waals surface area contributed by atoms with Gasteiger partial charge in [0.15, 0.2) is 16.6 Å². The fraction of sp³-hybridized carbons (Fsp3) is 0.167. The van der Waals surface area contributed by atoms with Crippen LogP contribution < -0.4 is 14.8 Å². The minimum absolute atomic E-state index is 0.294. The Balaban J connectivity index is 2.28. The lowest BCUT2D eigenvalue weighted by Gasteiger charge is -2.11. The van der Waals surface area contributed by atoms with E-state index in [1.165, 1.54) is 25.6 Å². The molecule has 0 unspecified atom stereocenters. The molecule has 19 heavy (non-hydrogen) atoms. The summed E-state index contributed by atoms with van der Waals surface area (Å²) in [5.74, 6) is 0.617. The molecular weight excluding hydrogens is 332 g/mol. The lowest BCUT2D eigenvalue weighted by atomic mass is 10.1. The minimum atomic E-state index is -0.294. The molecule has 1 heterocycles. The van der Waals surface area contributed by atoms with Crippen LogP contribution in [0.5, 0.6) is 11.5 Å². The van der Waals surface area contributed by atoms with Crippen molar-refractivity contribution in [2.45, 2.75) is 0 Å². The average molecular weight is 343 g/mol. The molecule has 0 saturated heterocycles. The van der Waals surface area contributed by atoms with Crippen LogP contribution in [0.15, 0.2) is 28.2 Å².